The predicted molar refractivity (Wildman–Crippen MR) is 88.1 cm³/mol. The number of urea groups is 1. The lowest BCUT2D eigenvalue weighted by molar-refractivity contribution is 0.238. The molecule has 0 bridgehead atoms. The minimum absolute atomic E-state index is 0.0250. The van der Waals surface area contributed by atoms with E-state index in [-0.39, 0.29) is 29.9 Å². The zero-order valence-corrected chi connectivity index (χ0v) is 13.3. The van der Waals surface area contributed by atoms with Crippen LogP contribution in [-0.4, -0.2) is 36.9 Å². The average molecular weight is 337 g/mol. The van der Waals surface area contributed by atoms with Gasteiger partial charge in [0.1, 0.15) is 5.69 Å². The van der Waals surface area contributed by atoms with Crippen molar-refractivity contribution in [2.24, 2.45) is 5.92 Å². The Balaban J connectivity index is 1.63. The number of nitrogens with one attached hydrogen (secondary N) is 2. The van der Waals surface area contributed by atoms with Crippen LogP contribution < -0.4 is 15.5 Å². The summed E-state index contributed by atoms with van der Waals surface area (Å²) in [5.41, 5.74) is 0.0501. The molecule has 0 aromatic heterocycles. The Labute approximate surface area is 139 Å². The van der Waals surface area contributed by atoms with Crippen LogP contribution in [-0.2, 0) is 0 Å². The van der Waals surface area contributed by atoms with Crippen LogP contribution in [0.25, 0.3) is 0 Å². The fourth-order valence-corrected chi connectivity index (χ4v) is 3.23. The molecule has 1 fully saturated rings. The molecule has 0 spiro atoms. The number of hydrogen-bond acceptors (Lipinski definition) is 3. The first-order valence-electron chi connectivity index (χ1n) is 8.17. The van der Waals surface area contributed by atoms with Crippen LogP contribution in [0.5, 0.6) is 0 Å². The highest BCUT2D eigenvalue weighted by Gasteiger charge is 2.22. The molecule has 0 unspecified atom stereocenters. The summed E-state index contributed by atoms with van der Waals surface area (Å²) >= 11 is 0. The van der Waals surface area contributed by atoms with E-state index < -0.39 is 17.7 Å². The second kappa shape index (κ2) is 7.17. The molecular formula is C17H21F2N3O2. The predicted octanol–water partition coefficient (Wildman–Crippen LogP) is 2.62. The number of aliphatic hydroxyl groups is 1. The van der Waals surface area contributed by atoms with Crippen molar-refractivity contribution in [1.82, 2.24) is 5.32 Å². The van der Waals surface area contributed by atoms with E-state index in [0.29, 0.717) is 19.5 Å². The maximum atomic E-state index is 14.2. The van der Waals surface area contributed by atoms with Gasteiger partial charge in [-0.3, -0.25) is 0 Å². The van der Waals surface area contributed by atoms with Crippen molar-refractivity contribution in [3.8, 4) is 0 Å². The maximum Gasteiger partial charge on any atom is 0.319 e. The molecule has 24 heavy (non-hydrogen) atoms. The molecule has 1 saturated heterocycles. The summed E-state index contributed by atoms with van der Waals surface area (Å²) < 4.78 is 28.4. The number of halogens is 2. The number of nitrogens with zero attached hydrogens (tertiary/aromatic N) is 1. The summed E-state index contributed by atoms with van der Waals surface area (Å²) in [6.07, 6.45) is 6.10. The molecule has 0 saturated carbocycles. The van der Waals surface area contributed by atoms with Gasteiger partial charge in [-0.05, 0) is 31.4 Å². The Morgan fingerprint density at radius 3 is 2.46 bits per heavy atom. The van der Waals surface area contributed by atoms with E-state index in [4.69, 9.17) is 5.11 Å². The topological polar surface area (TPSA) is 64.6 Å². The average Bonchev–Trinajstić information content (AvgIpc) is 3.18. The van der Waals surface area contributed by atoms with Gasteiger partial charge in [0.25, 0.3) is 0 Å². The second-order valence-corrected chi connectivity index (χ2v) is 6.25. The first kappa shape index (κ1) is 16.7. The third-order valence-electron chi connectivity index (χ3n) is 4.42. The van der Waals surface area contributed by atoms with Crippen LogP contribution in [0.15, 0.2) is 24.3 Å². The molecule has 0 radical (unpaired) electrons. The number of amides is 2. The maximum absolute atomic E-state index is 14.2. The van der Waals surface area contributed by atoms with Crippen LogP contribution in [0.2, 0.25) is 0 Å². The van der Waals surface area contributed by atoms with Gasteiger partial charge in [0, 0.05) is 37.3 Å². The summed E-state index contributed by atoms with van der Waals surface area (Å²) in [6, 6.07) is 1.55. The Morgan fingerprint density at radius 2 is 1.88 bits per heavy atom. The normalized spacial score (nSPS) is 22.9. The molecule has 1 heterocycles. The van der Waals surface area contributed by atoms with Gasteiger partial charge < -0.3 is 20.6 Å². The largest absolute Gasteiger partial charge is 0.396 e. The van der Waals surface area contributed by atoms with Crippen LogP contribution >= 0.6 is 0 Å². The number of aliphatic hydroxyl groups excluding tert-OH is 1. The number of hydrogen-bond donors (Lipinski definition) is 3. The Kier molecular flexibility index (Phi) is 4.99. The monoisotopic (exact) mass is 337 g/mol. The molecule has 1 aliphatic heterocycles. The van der Waals surface area contributed by atoms with Crippen molar-refractivity contribution < 1.29 is 18.7 Å². The molecule has 130 valence electrons. The van der Waals surface area contributed by atoms with E-state index in [2.05, 4.69) is 10.6 Å². The Bertz CT molecular complexity index is 622. The quantitative estimate of drug-likeness (QED) is 0.740. The molecule has 1 aromatic carbocycles. The molecule has 5 nitrogen and oxygen atoms in total. The zero-order chi connectivity index (χ0) is 17.1. The van der Waals surface area contributed by atoms with Crippen molar-refractivity contribution in [3.05, 3.63) is 35.9 Å². The highest BCUT2D eigenvalue weighted by atomic mass is 19.1. The molecule has 3 N–H and O–H groups in total. The van der Waals surface area contributed by atoms with Gasteiger partial charge in [0.2, 0.25) is 0 Å². The van der Waals surface area contributed by atoms with Crippen molar-refractivity contribution in [3.63, 3.8) is 0 Å². The van der Waals surface area contributed by atoms with Gasteiger partial charge in [-0.2, -0.15) is 0 Å². The van der Waals surface area contributed by atoms with E-state index >= 15 is 0 Å². The lowest BCUT2D eigenvalue weighted by Crippen LogP contribution is -2.36. The summed E-state index contributed by atoms with van der Waals surface area (Å²) in [6.45, 7) is 1.31. The first-order chi connectivity index (χ1) is 11.6. The van der Waals surface area contributed by atoms with Crippen molar-refractivity contribution in [2.75, 3.05) is 29.9 Å². The molecule has 2 amide bonds. The van der Waals surface area contributed by atoms with Crippen LogP contribution in [0.1, 0.15) is 19.3 Å². The first-order valence-corrected chi connectivity index (χ1v) is 8.17. The number of anilines is 2. The van der Waals surface area contributed by atoms with E-state index in [1.165, 1.54) is 0 Å². The molecule has 3 rings (SSSR count). The fourth-order valence-electron chi connectivity index (χ4n) is 3.23. The molecule has 1 aromatic rings. The minimum Gasteiger partial charge on any atom is -0.396 e. The second-order valence-electron chi connectivity index (χ2n) is 6.25. The lowest BCUT2D eigenvalue weighted by Gasteiger charge is -2.20. The van der Waals surface area contributed by atoms with Gasteiger partial charge in [-0.1, -0.05) is 12.2 Å². The minimum atomic E-state index is -0.673. The third-order valence-corrected chi connectivity index (χ3v) is 4.42. The van der Waals surface area contributed by atoms with Crippen LogP contribution in [0.4, 0.5) is 25.0 Å². The van der Waals surface area contributed by atoms with E-state index in [1.54, 1.807) is 11.0 Å². The van der Waals surface area contributed by atoms with Crippen LogP contribution in [0.3, 0.4) is 0 Å². The van der Waals surface area contributed by atoms with Gasteiger partial charge in [-0.25, -0.2) is 13.6 Å². The van der Waals surface area contributed by atoms with Crippen molar-refractivity contribution >= 4 is 17.4 Å². The number of benzene rings is 1. The summed E-state index contributed by atoms with van der Waals surface area (Å²) in [7, 11) is 0. The van der Waals surface area contributed by atoms with Crippen molar-refractivity contribution in [1.29, 1.82) is 0 Å². The fraction of sp³-hybridized carbons (Fsp3) is 0.471. The highest BCUT2D eigenvalue weighted by molar-refractivity contribution is 5.90. The zero-order valence-electron chi connectivity index (χ0n) is 13.3. The highest BCUT2D eigenvalue weighted by Crippen LogP contribution is 2.29. The molecule has 2 aliphatic rings. The molecular weight excluding hydrogens is 316 g/mol. The third kappa shape index (κ3) is 3.67. The number of carbonyl (C=O) groups is 1. The Morgan fingerprint density at radius 1 is 1.21 bits per heavy atom. The molecule has 7 heteroatoms. The van der Waals surface area contributed by atoms with Gasteiger partial charge in [-0.15, -0.1) is 0 Å². The lowest BCUT2D eigenvalue weighted by atomic mass is 10.1. The summed E-state index contributed by atoms with van der Waals surface area (Å²) in [5, 5.41) is 14.2. The van der Waals surface area contributed by atoms with Crippen molar-refractivity contribution in [2.45, 2.75) is 25.3 Å². The van der Waals surface area contributed by atoms with Crippen LogP contribution in [0, 0.1) is 17.6 Å². The summed E-state index contributed by atoms with van der Waals surface area (Å²) in [5.74, 6) is -1.31. The SMILES string of the molecule is O=C(Nc1cc(F)c(N2CCCC2)c(F)c1)N[C@@H]1C=C[C@H](CO)C1. The van der Waals surface area contributed by atoms with E-state index in [1.807, 2.05) is 6.08 Å². The smallest absolute Gasteiger partial charge is 0.319 e. The number of rotatable bonds is 4. The molecule has 2 atom stereocenters. The van der Waals surface area contributed by atoms with Gasteiger partial charge in [0.05, 0.1) is 0 Å². The Hall–Kier alpha value is -2.15. The van der Waals surface area contributed by atoms with E-state index in [0.717, 1.165) is 25.0 Å². The van der Waals surface area contributed by atoms with E-state index in [9.17, 15) is 13.6 Å². The standard InChI is InChI=1S/C17H21F2N3O2/c18-14-8-13(9-15(19)16(14)22-5-1-2-6-22)21-17(24)20-12-4-3-11(7-12)10-23/h3-4,8-9,11-12,23H,1-2,5-7,10H2,(H2,20,21,24)/t11-,12+/m0/s1. The van der Waals surface area contributed by atoms with Gasteiger partial charge in [0.15, 0.2) is 11.6 Å². The molecule has 1 aliphatic carbocycles. The summed E-state index contributed by atoms with van der Waals surface area (Å²) in [4.78, 5) is 13.6. The van der Waals surface area contributed by atoms with Gasteiger partial charge >= 0.3 is 6.03 Å². The number of carbonyl (C=O) groups excluding carboxylic acids is 1.